The number of hydrogen-bond donors (Lipinski definition) is 2. The van der Waals surface area contributed by atoms with Crippen molar-refractivity contribution in [1.29, 1.82) is 0 Å². The number of nitrogens with one attached hydrogen (secondary N) is 2. The first kappa shape index (κ1) is 17.5. The maximum atomic E-state index is 11.3. The number of aryl methyl sites for hydroxylation is 2. The van der Waals surface area contributed by atoms with Crippen LogP contribution in [0, 0.1) is 19.8 Å². The molecule has 0 amide bonds. The molecule has 0 aliphatic carbocycles. The zero-order valence-corrected chi connectivity index (χ0v) is 15.5. The Morgan fingerprint density at radius 1 is 1.33 bits per heavy atom. The smallest absolute Gasteiger partial charge is 0.208 e. The van der Waals surface area contributed by atoms with E-state index in [-0.39, 0.29) is 0 Å². The van der Waals surface area contributed by atoms with Gasteiger partial charge >= 0.3 is 0 Å². The topological polar surface area (TPSA) is 65.2 Å². The van der Waals surface area contributed by atoms with Crippen LogP contribution in [0.15, 0.2) is 18.2 Å². The number of nitrogens with zero attached hydrogens (tertiary/aromatic N) is 1. The molecule has 132 valence electrons. The van der Waals surface area contributed by atoms with E-state index in [1.54, 1.807) is 0 Å². The van der Waals surface area contributed by atoms with E-state index in [0.717, 1.165) is 32.5 Å². The van der Waals surface area contributed by atoms with E-state index in [1.165, 1.54) is 34.0 Å². The molecule has 3 rings (SSSR count). The zero-order valence-electron chi connectivity index (χ0n) is 14.7. The number of likely N-dealkylation sites (tertiary alicyclic amines) is 1. The highest BCUT2D eigenvalue weighted by Crippen LogP contribution is 2.25. The van der Waals surface area contributed by atoms with Gasteiger partial charge in [-0.15, -0.1) is 0 Å². The molecule has 1 atom stereocenters. The SMILES string of the molecule is Cc1ccc2[nH]c(CN3CCCC(CNS(C)(=O)=O)C3)c(C)c2c1. The van der Waals surface area contributed by atoms with Crippen molar-refractivity contribution < 1.29 is 8.42 Å². The Morgan fingerprint density at radius 2 is 2.12 bits per heavy atom. The largest absolute Gasteiger partial charge is 0.357 e. The molecule has 2 heterocycles. The number of aromatic nitrogens is 1. The normalized spacial score (nSPS) is 19.9. The quantitative estimate of drug-likeness (QED) is 0.872. The molecular formula is C18H27N3O2S. The molecule has 0 bridgehead atoms. The zero-order chi connectivity index (χ0) is 17.3. The second-order valence-electron chi connectivity index (χ2n) is 7.14. The first-order valence-electron chi connectivity index (χ1n) is 8.56. The van der Waals surface area contributed by atoms with Crippen molar-refractivity contribution in [2.24, 2.45) is 5.92 Å². The average molecular weight is 350 g/mol. The summed E-state index contributed by atoms with van der Waals surface area (Å²) in [5.41, 5.74) is 5.07. The minimum atomic E-state index is -3.10. The number of hydrogen-bond acceptors (Lipinski definition) is 3. The fourth-order valence-corrected chi connectivity index (χ4v) is 4.15. The lowest BCUT2D eigenvalue weighted by atomic mass is 9.98. The average Bonchev–Trinajstić information content (AvgIpc) is 2.81. The standard InChI is InChI=1S/C18H27N3O2S/c1-13-6-7-17-16(9-13)14(2)18(20-17)12-21-8-4-5-15(11-21)10-19-24(3,22)23/h6-7,9,15,19-20H,4-5,8,10-12H2,1-3H3. The number of piperidine rings is 1. The molecule has 1 aromatic heterocycles. The summed E-state index contributed by atoms with van der Waals surface area (Å²) in [7, 11) is -3.10. The van der Waals surface area contributed by atoms with Gasteiger partial charge in [-0.25, -0.2) is 13.1 Å². The molecule has 1 unspecified atom stereocenters. The Kier molecular flexibility index (Phi) is 4.99. The van der Waals surface area contributed by atoms with Crippen LogP contribution in [0.4, 0.5) is 0 Å². The summed E-state index contributed by atoms with van der Waals surface area (Å²) in [5.74, 6) is 0.389. The first-order chi connectivity index (χ1) is 11.3. The van der Waals surface area contributed by atoms with Crippen LogP contribution in [0.2, 0.25) is 0 Å². The number of aromatic amines is 1. The summed E-state index contributed by atoms with van der Waals surface area (Å²) < 4.78 is 25.2. The van der Waals surface area contributed by atoms with E-state index < -0.39 is 10.0 Å². The van der Waals surface area contributed by atoms with Crippen molar-refractivity contribution in [3.05, 3.63) is 35.0 Å². The Morgan fingerprint density at radius 3 is 2.88 bits per heavy atom. The third-order valence-electron chi connectivity index (χ3n) is 4.94. The van der Waals surface area contributed by atoms with E-state index in [2.05, 4.69) is 46.7 Å². The van der Waals surface area contributed by atoms with E-state index >= 15 is 0 Å². The van der Waals surface area contributed by atoms with E-state index in [9.17, 15) is 8.42 Å². The van der Waals surface area contributed by atoms with Gasteiger partial charge in [0.1, 0.15) is 0 Å². The molecule has 5 nitrogen and oxygen atoms in total. The number of benzene rings is 1. The van der Waals surface area contributed by atoms with Crippen LogP contribution in [0.3, 0.4) is 0 Å². The van der Waals surface area contributed by atoms with Crippen molar-refractivity contribution in [3.8, 4) is 0 Å². The molecule has 2 N–H and O–H groups in total. The van der Waals surface area contributed by atoms with Gasteiger partial charge in [0.25, 0.3) is 0 Å². The number of fused-ring (bicyclic) bond motifs is 1. The van der Waals surface area contributed by atoms with Crippen LogP contribution in [0.5, 0.6) is 0 Å². The molecule has 1 aromatic carbocycles. The van der Waals surface area contributed by atoms with Gasteiger partial charge in [-0.2, -0.15) is 0 Å². The van der Waals surface area contributed by atoms with Gasteiger partial charge in [0.2, 0.25) is 10.0 Å². The minimum Gasteiger partial charge on any atom is -0.357 e. The first-order valence-corrected chi connectivity index (χ1v) is 10.5. The molecule has 0 radical (unpaired) electrons. The van der Waals surface area contributed by atoms with Crippen molar-refractivity contribution in [3.63, 3.8) is 0 Å². The molecular weight excluding hydrogens is 322 g/mol. The summed E-state index contributed by atoms with van der Waals surface area (Å²) in [4.78, 5) is 5.99. The van der Waals surface area contributed by atoms with Gasteiger partial charge in [0.15, 0.2) is 0 Å². The van der Waals surface area contributed by atoms with Crippen LogP contribution >= 0.6 is 0 Å². The van der Waals surface area contributed by atoms with Gasteiger partial charge in [0, 0.05) is 36.2 Å². The summed E-state index contributed by atoms with van der Waals surface area (Å²) in [6.45, 7) is 7.75. The van der Waals surface area contributed by atoms with E-state index in [1.807, 2.05) is 0 Å². The van der Waals surface area contributed by atoms with Crippen LogP contribution in [-0.4, -0.2) is 44.2 Å². The highest BCUT2D eigenvalue weighted by Gasteiger charge is 2.22. The van der Waals surface area contributed by atoms with Crippen molar-refractivity contribution >= 4 is 20.9 Å². The molecule has 2 aromatic rings. The molecule has 24 heavy (non-hydrogen) atoms. The van der Waals surface area contributed by atoms with Crippen LogP contribution in [0.1, 0.15) is 29.7 Å². The maximum absolute atomic E-state index is 11.3. The fourth-order valence-electron chi connectivity index (χ4n) is 3.61. The lowest BCUT2D eigenvalue weighted by Crippen LogP contribution is -2.40. The molecule has 1 aliphatic rings. The predicted molar refractivity (Wildman–Crippen MR) is 98.6 cm³/mol. The summed E-state index contributed by atoms with van der Waals surface area (Å²) in [6.07, 6.45) is 3.43. The Hall–Kier alpha value is -1.37. The summed E-state index contributed by atoms with van der Waals surface area (Å²) in [6, 6.07) is 6.52. The van der Waals surface area contributed by atoms with E-state index in [0.29, 0.717) is 12.5 Å². The molecule has 6 heteroatoms. The van der Waals surface area contributed by atoms with Crippen molar-refractivity contribution in [2.45, 2.75) is 33.2 Å². The number of rotatable bonds is 5. The van der Waals surface area contributed by atoms with Crippen molar-refractivity contribution in [1.82, 2.24) is 14.6 Å². The second kappa shape index (κ2) is 6.86. The molecule has 0 spiro atoms. The van der Waals surface area contributed by atoms with Crippen LogP contribution in [-0.2, 0) is 16.6 Å². The minimum absolute atomic E-state index is 0.389. The lowest BCUT2D eigenvalue weighted by molar-refractivity contribution is 0.167. The van der Waals surface area contributed by atoms with Crippen LogP contribution in [0.25, 0.3) is 10.9 Å². The van der Waals surface area contributed by atoms with Gasteiger partial charge < -0.3 is 4.98 Å². The fraction of sp³-hybridized carbons (Fsp3) is 0.556. The maximum Gasteiger partial charge on any atom is 0.208 e. The van der Waals surface area contributed by atoms with E-state index in [4.69, 9.17) is 0 Å². The van der Waals surface area contributed by atoms with Crippen LogP contribution < -0.4 is 4.72 Å². The van der Waals surface area contributed by atoms with Crippen molar-refractivity contribution in [2.75, 3.05) is 25.9 Å². The monoisotopic (exact) mass is 349 g/mol. The summed E-state index contributed by atoms with van der Waals surface area (Å²) in [5, 5.41) is 1.30. The van der Waals surface area contributed by atoms with Gasteiger partial charge in [0.05, 0.1) is 6.26 Å². The highest BCUT2D eigenvalue weighted by atomic mass is 32.2. The third-order valence-corrected chi connectivity index (χ3v) is 5.63. The molecule has 1 aliphatic heterocycles. The molecule has 1 saturated heterocycles. The van der Waals surface area contributed by atoms with Gasteiger partial charge in [-0.3, -0.25) is 4.90 Å². The lowest BCUT2D eigenvalue weighted by Gasteiger charge is -2.32. The third kappa shape index (κ3) is 4.18. The summed E-state index contributed by atoms with van der Waals surface area (Å²) >= 11 is 0. The Labute approximate surface area is 144 Å². The molecule has 0 saturated carbocycles. The van der Waals surface area contributed by atoms with Gasteiger partial charge in [-0.05, 0) is 56.8 Å². The Bertz CT molecular complexity index is 826. The number of H-pyrrole nitrogens is 1. The van der Waals surface area contributed by atoms with Gasteiger partial charge in [-0.1, -0.05) is 11.6 Å². The highest BCUT2D eigenvalue weighted by molar-refractivity contribution is 7.88. The second-order valence-corrected chi connectivity index (χ2v) is 8.97. The number of sulfonamides is 1. The molecule has 1 fully saturated rings. The Balaban J connectivity index is 1.68. The predicted octanol–water partition coefficient (Wildman–Crippen LogP) is 2.55.